The Morgan fingerprint density at radius 3 is 2.61 bits per heavy atom. The first kappa shape index (κ1) is 14.9. The van der Waals surface area contributed by atoms with Gasteiger partial charge >= 0.3 is 5.97 Å². The molecule has 0 unspecified atom stereocenters. The van der Waals surface area contributed by atoms with Crippen molar-refractivity contribution < 1.29 is 14.3 Å². The second-order valence-electron chi connectivity index (χ2n) is 3.63. The molecule has 0 heterocycles. The zero-order valence-electron chi connectivity index (χ0n) is 10.5. The highest BCUT2D eigenvalue weighted by Crippen LogP contribution is 2.10. The van der Waals surface area contributed by atoms with E-state index in [1.807, 2.05) is 19.1 Å². The van der Waals surface area contributed by atoms with Gasteiger partial charge in [0.2, 0.25) is 0 Å². The lowest BCUT2D eigenvalue weighted by Crippen LogP contribution is -2.36. The van der Waals surface area contributed by atoms with Gasteiger partial charge in [0.1, 0.15) is 6.54 Å². The number of benzene rings is 1. The fourth-order valence-electron chi connectivity index (χ4n) is 1.49. The molecule has 18 heavy (non-hydrogen) atoms. The fourth-order valence-corrected chi connectivity index (χ4v) is 2.04. The van der Waals surface area contributed by atoms with E-state index in [-0.39, 0.29) is 18.4 Å². The molecule has 98 valence electrons. The SMILES string of the molecule is CCOC(=O)CN(CC)C(=O)c1cccc(I)c1. The number of ether oxygens (including phenoxy) is 1. The van der Waals surface area contributed by atoms with Gasteiger partial charge in [0.25, 0.3) is 5.91 Å². The maximum atomic E-state index is 12.2. The standard InChI is InChI=1S/C13H16INO3/c1-3-15(9-12(16)18-4-2)13(17)10-6-5-7-11(14)8-10/h5-8H,3-4,9H2,1-2H3. The predicted octanol–water partition coefficient (Wildman–Crippen LogP) is 2.32. The van der Waals surface area contributed by atoms with Crippen LogP contribution in [0, 0.1) is 3.57 Å². The van der Waals surface area contributed by atoms with Crippen molar-refractivity contribution in [1.29, 1.82) is 0 Å². The van der Waals surface area contributed by atoms with Crippen LogP contribution < -0.4 is 0 Å². The van der Waals surface area contributed by atoms with Crippen LogP contribution in [0.15, 0.2) is 24.3 Å². The molecule has 0 saturated heterocycles. The summed E-state index contributed by atoms with van der Waals surface area (Å²) in [4.78, 5) is 25.1. The van der Waals surface area contributed by atoms with Crippen molar-refractivity contribution in [2.45, 2.75) is 13.8 Å². The molecule has 0 bridgehead atoms. The number of hydrogen-bond donors (Lipinski definition) is 0. The maximum Gasteiger partial charge on any atom is 0.325 e. The normalized spacial score (nSPS) is 9.94. The van der Waals surface area contributed by atoms with Crippen LogP contribution in [0.5, 0.6) is 0 Å². The summed E-state index contributed by atoms with van der Waals surface area (Å²) in [5.74, 6) is -0.526. The highest BCUT2D eigenvalue weighted by atomic mass is 127. The van der Waals surface area contributed by atoms with Crippen LogP contribution >= 0.6 is 22.6 Å². The van der Waals surface area contributed by atoms with Gasteiger partial charge in [-0.1, -0.05) is 6.07 Å². The van der Waals surface area contributed by atoms with Gasteiger partial charge in [-0.2, -0.15) is 0 Å². The number of carbonyl (C=O) groups is 2. The molecule has 5 heteroatoms. The van der Waals surface area contributed by atoms with Crippen molar-refractivity contribution in [2.24, 2.45) is 0 Å². The Labute approximate surface area is 120 Å². The maximum absolute atomic E-state index is 12.2. The lowest BCUT2D eigenvalue weighted by atomic mass is 10.2. The summed E-state index contributed by atoms with van der Waals surface area (Å²) in [6, 6.07) is 7.29. The Morgan fingerprint density at radius 2 is 2.06 bits per heavy atom. The zero-order chi connectivity index (χ0) is 13.5. The van der Waals surface area contributed by atoms with E-state index in [0.29, 0.717) is 18.7 Å². The van der Waals surface area contributed by atoms with E-state index in [9.17, 15) is 9.59 Å². The number of halogens is 1. The van der Waals surface area contributed by atoms with Crippen molar-refractivity contribution in [3.63, 3.8) is 0 Å². The predicted molar refractivity (Wildman–Crippen MR) is 77.4 cm³/mol. The largest absolute Gasteiger partial charge is 0.465 e. The van der Waals surface area contributed by atoms with Crippen LogP contribution in [0.2, 0.25) is 0 Å². The Morgan fingerprint density at radius 1 is 1.33 bits per heavy atom. The third kappa shape index (κ3) is 4.29. The van der Waals surface area contributed by atoms with Crippen molar-refractivity contribution in [2.75, 3.05) is 19.7 Å². The number of rotatable bonds is 5. The number of hydrogen-bond acceptors (Lipinski definition) is 3. The molecule has 0 atom stereocenters. The first-order chi connectivity index (χ1) is 8.58. The summed E-state index contributed by atoms with van der Waals surface area (Å²) in [5, 5.41) is 0. The first-order valence-electron chi connectivity index (χ1n) is 5.79. The molecule has 0 spiro atoms. The van der Waals surface area contributed by atoms with Gasteiger partial charge in [0.05, 0.1) is 6.61 Å². The van der Waals surface area contributed by atoms with Gasteiger partial charge in [-0.25, -0.2) is 0 Å². The molecule has 4 nitrogen and oxygen atoms in total. The summed E-state index contributed by atoms with van der Waals surface area (Å²) in [6.45, 7) is 4.38. The van der Waals surface area contributed by atoms with Gasteiger partial charge in [-0.05, 0) is 54.6 Å². The van der Waals surface area contributed by atoms with Crippen molar-refractivity contribution in [3.8, 4) is 0 Å². The second-order valence-corrected chi connectivity index (χ2v) is 4.88. The topological polar surface area (TPSA) is 46.6 Å². The van der Waals surface area contributed by atoms with Gasteiger partial charge < -0.3 is 9.64 Å². The van der Waals surface area contributed by atoms with Gasteiger partial charge in [0, 0.05) is 15.7 Å². The van der Waals surface area contributed by atoms with Crippen LogP contribution in [0.1, 0.15) is 24.2 Å². The molecular weight excluding hydrogens is 345 g/mol. The minimum Gasteiger partial charge on any atom is -0.465 e. The second kappa shape index (κ2) is 7.35. The average molecular weight is 361 g/mol. The van der Waals surface area contributed by atoms with E-state index in [0.717, 1.165) is 3.57 Å². The van der Waals surface area contributed by atoms with Gasteiger partial charge in [0.15, 0.2) is 0 Å². The number of carbonyl (C=O) groups excluding carboxylic acids is 2. The fraction of sp³-hybridized carbons (Fsp3) is 0.385. The summed E-state index contributed by atoms with van der Waals surface area (Å²) in [7, 11) is 0. The molecule has 1 aromatic carbocycles. The van der Waals surface area contributed by atoms with E-state index >= 15 is 0 Å². The van der Waals surface area contributed by atoms with Crippen LogP contribution in [-0.4, -0.2) is 36.5 Å². The third-order valence-electron chi connectivity index (χ3n) is 2.37. The Bertz CT molecular complexity index is 434. The summed E-state index contributed by atoms with van der Waals surface area (Å²) in [5.41, 5.74) is 0.591. The molecular formula is C13H16INO3. The molecule has 1 aromatic rings. The van der Waals surface area contributed by atoms with Crippen molar-refractivity contribution >= 4 is 34.5 Å². The molecule has 0 aliphatic rings. The number of nitrogens with zero attached hydrogens (tertiary/aromatic N) is 1. The third-order valence-corrected chi connectivity index (χ3v) is 3.04. The van der Waals surface area contributed by atoms with E-state index in [1.165, 1.54) is 4.90 Å². The monoisotopic (exact) mass is 361 g/mol. The Kier molecular flexibility index (Phi) is 6.11. The van der Waals surface area contributed by atoms with E-state index < -0.39 is 0 Å². The molecule has 0 radical (unpaired) electrons. The first-order valence-corrected chi connectivity index (χ1v) is 6.86. The van der Waals surface area contributed by atoms with E-state index in [1.54, 1.807) is 19.1 Å². The quantitative estimate of drug-likeness (QED) is 0.597. The Balaban J connectivity index is 2.76. The van der Waals surface area contributed by atoms with Gasteiger partial charge in [-0.15, -0.1) is 0 Å². The minimum atomic E-state index is -0.377. The zero-order valence-corrected chi connectivity index (χ0v) is 12.6. The summed E-state index contributed by atoms with van der Waals surface area (Å²) in [6.07, 6.45) is 0. The van der Waals surface area contributed by atoms with E-state index in [4.69, 9.17) is 4.74 Å². The molecule has 0 fully saturated rings. The molecule has 0 N–H and O–H groups in total. The van der Waals surface area contributed by atoms with E-state index in [2.05, 4.69) is 22.6 Å². The number of esters is 1. The lowest BCUT2D eigenvalue weighted by molar-refractivity contribution is -0.143. The lowest BCUT2D eigenvalue weighted by Gasteiger charge is -2.19. The summed E-state index contributed by atoms with van der Waals surface area (Å²) < 4.78 is 5.84. The van der Waals surface area contributed by atoms with Crippen LogP contribution in [0.3, 0.4) is 0 Å². The molecule has 0 aliphatic carbocycles. The van der Waals surface area contributed by atoms with Crippen LogP contribution in [-0.2, 0) is 9.53 Å². The average Bonchev–Trinajstić information content (AvgIpc) is 2.35. The summed E-state index contributed by atoms with van der Waals surface area (Å²) >= 11 is 2.15. The highest BCUT2D eigenvalue weighted by molar-refractivity contribution is 14.1. The van der Waals surface area contributed by atoms with Crippen LogP contribution in [0.25, 0.3) is 0 Å². The number of amides is 1. The Hall–Kier alpha value is -1.11. The highest BCUT2D eigenvalue weighted by Gasteiger charge is 2.17. The molecule has 0 aliphatic heterocycles. The van der Waals surface area contributed by atoms with Gasteiger partial charge in [-0.3, -0.25) is 9.59 Å². The minimum absolute atomic E-state index is 0.00531. The molecule has 0 saturated carbocycles. The smallest absolute Gasteiger partial charge is 0.325 e. The van der Waals surface area contributed by atoms with Crippen molar-refractivity contribution in [3.05, 3.63) is 33.4 Å². The van der Waals surface area contributed by atoms with Crippen molar-refractivity contribution in [1.82, 2.24) is 4.90 Å². The molecule has 1 amide bonds. The molecule has 1 rings (SSSR count). The van der Waals surface area contributed by atoms with Crippen LogP contribution in [0.4, 0.5) is 0 Å². The number of likely N-dealkylation sites (N-methyl/N-ethyl adjacent to an activating group) is 1. The molecule has 0 aromatic heterocycles.